The van der Waals surface area contributed by atoms with Crippen LogP contribution >= 0.6 is 15.9 Å². The molecule has 0 aromatic heterocycles. The van der Waals surface area contributed by atoms with Gasteiger partial charge in [-0.3, -0.25) is 0 Å². The Labute approximate surface area is 117 Å². The van der Waals surface area contributed by atoms with Crippen LogP contribution in [-0.2, 0) is 6.42 Å². The van der Waals surface area contributed by atoms with Crippen LogP contribution in [0.25, 0.3) is 0 Å². The SMILES string of the molecule is NC(Cc1c(F)cccc1F)c1ccc(F)cc1Br. The molecule has 0 radical (unpaired) electrons. The number of hydrogen-bond acceptors (Lipinski definition) is 1. The Morgan fingerprint density at radius 2 is 1.68 bits per heavy atom. The summed E-state index contributed by atoms with van der Waals surface area (Å²) in [7, 11) is 0. The van der Waals surface area contributed by atoms with E-state index in [9.17, 15) is 13.2 Å². The molecule has 0 spiro atoms. The van der Waals surface area contributed by atoms with Gasteiger partial charge in [-0.25, -0.2) is 13.2 Å². The second-order valence-corrected chi connectivity index (χ2v) is 5.03. The summed E-state index contributed by atoms with van der Waals surface area (Å²) in [6.45, 7) is 0. The monoisotopic (exact) mass is 329 g/mol. The smallest absolute Gasteiger partial charge is 0.129 e. The zero-order valence-corrected chi connectivity index (χ0v) is 11.4. The minimum atomic E-state index is -0.631. The van der Waals surface area contributed by atoms with E-state index < -0.39 is 23.5 Å². The van der Waals surface area contributed by atoms with Crippen molar-refractivity contribution in [1.29, 1.82) is 0 Å². The van der Waals surface area contributed by atoms with E-state index in [2.05, 4.69) is 15.9 Å². The van der Waals surface area contributed by atoms with E-state index >= 15 is 0 Å². The molecule has 0 aliphatic rings. The van der Waals surface area contributed by atoms with Gasteiger partial charge in [-0.05, 0) is 36.2 Å². The molecule has 1 atom stereocenters. The van der Waals surface area contributed by atoms with E-state index in [0.717, 1.165) is 0 Å². The van der Waals surface area contributed by atoms with Gasteiger partial charge in [0.25, 0.3) is 0 Å². The van der Waals surface area contributed by atoms with E-state index in [-0.39, 0.29) is 12.0 Å². The molecule has 1 nitrogen and oxygen atoms in total. The maximum Gasteiger partial charge on any atom is 0.129 e. The van der Waals surface area contributed by atoms with Crippen molar-refractivity contribution < 1.29 is 13.2 Å². The van der Waals surface area contributed by atoms with Crippen molar-refractivity contribution in [2.24, 2.45) is 5.73 Å². The largest absolute Gasteiger partial charge is 0.324 e. The Morgan fingerprint density at radius 3 is 2.26 bits per heavy atom. The molecule has 2 aromatic rings. The van der Waals surface area contributed by atoms with Gasteiger partial charge in [0.15, 0.2) is 0 Å². The molecule has 1 unspecified atom stereocenters. The van der Waals surface area contributed by atoms with Crippen molar-refractivity contribution in [3.8, 4) is 0 Å². The molecule has 0 aliphatic carbocycles. The Kier molecular flexibility index (Phi) is 4.27. The minimum Gasteiger partial charge on any atom is -0.324 e. The van der Waals surface area contributed by atoms with Crippen molar-refractivity contribution >= 4 is 15.9 Å². The lowest BCUT2D eigenvalue weighted by Gasteiger charge is -2.15. The zero-order valence-electron chi connectivity index (χ0n) is 9.84. The fraction of sp³-hybridized carbons (Fsp3) is 0.143. The quantitative estimate of drug-likeness (QED) is 0.901. The van der Waals surface area contributed by atoms with Crippen LogP contribution in [0, 0.1) is 17.5 Å². The molecule has 0 fully saturated rings. The van der Waals surface area contributed by atoms with Crippen molar-refractivity contribution in [1.82, 2.24) is 0 Å². The lowest BCUT2D eigenvalue weighted by Crippen LogP contribution is -2.16. The van der Waals surface area contributed by atoms with Crippen LogP contribution in [0.1, 0.15) is 17.2 Å². The summed E-state index contributed by atoms with van der Waals surface area (Å²) in [5.74, 6) is -1.66. The van der Waals surface area contributed by atoms with Gasteiger partial charge in [0.05, 0.1) is 0 Å². The number of nitrogens with two attached hydrogens (primary N) is 1. The Bertz CT molecular complexity index is 581. The first kappa shape index (κ1) is 14.1. The van der Waals surface area contributed by atoms with Crippen LogP contribution in [0.4, 0.5) is 13.2 Å². The van der Waals surface area contributed by atoms with Crippen molar-refractivity contribution in [2.45, 2.75) is 12.5 Å². The van der Waals surface area contributed by atoms with E-state index in [1.807, 2.05) is 0 Å². The highest BCUT2D eigenvalue weighted by Crippen LogP contribution is 2.26. The van der Waals surface area contributed by atoms with Crippen LogP contribution < -0.4 is 5.73 Å². The standard InChI is InChI=1S/C14H11BrF3N/c15-11-6-8(16)4-5-9(11)14(19)7-10-12(17)2-1-3-13(10)18/h1-6,14H,7,19H2. The third-order valence-electron chi connectivity index (χ3n) is 2.85. The van der Waals surface area contributed by atoms with Gasteiger partial charge in [-0.2, -0.15) is 0 Å². The van der Waals surface area contributed by atoms with E-state index in [1.165, 1.54) is 36.4 Å². The first-order valence-corrected chi connectivity index (χ1v) is 6.41. The minimum absolute atomic E-state index is 0.00272. The van der Waals surface area contributed by atoms with Gasteiger partial charge in [0.1, 0.15) is 17.5 Å². The maximum absolute atomic E-state index is 13.5. The number of benzene rings is 2. The Hall–Kier alpha value is -1.33. The molecule has 100 valence electrons. The Balaban J connectivity index is 2.28. The van der Waals surface area contributed by atoms with Gasteiger partial charge in [0.2, 0.25) is 0 Å². The zero-order chi connectivity index (χ0) is 14.0. The van der Waals surface area contributed by atoms with Crippen LogP contribution in [0.2, 0.25) is 0 Å². The fourth-order valence-electron chi connectivity index (χ4n) is 1.86. The molecule has 0 amide bonds. The summed E-state index contributed by atoms with van der Waals surface area (Å²) in [4.78, 5) is 0. The van der Waals surface area contributed by atoms with E-state index in [0.29, 0.717) is 10.0 Å². The average Bonchev–Trinajstić information content (AvgIpc) is 2.33. The van der Waals surface area contributed by atoms with Crippen molar-refractivity contribution in [3.63, 3.8) is 0 Å². The number of rotatable bonds is 3. The molecular formula is C14H11BrF3N. The molecule has 5 heteroatoms. The third-order valence-corrected chi connectivity index (χ3v) is 3.53. The first-order valence-electron chi connectivity index (χ1n) is 5.62. The highest BCUT2D eigenvalue weighted by Gasteiger charge is 2.16. The molecule has 2 N–H and O–H groups in total. The van der Waals surface area contributed by atoms with Gasteiger partial charge in [-0.1, -0.05) is 28.1 Å². The van der Waals surface area contributed by atoms with Gasteiger partial charge < -0.3 is 5.73 Å². The lowest BCUT2D eigenvalue weighted by molar-refractivity contribution is 0.539. The van der Waals surface area contributed by atoms with Crippen LogP contribution in [-0.4, -0.2) is 0 Å². The highest BCUT2D eigenvalue weighted by atomic mass is 79.9. The molecule has 2 rings (SSSR count). The number of hydrogen-bond donors (Lipinski definition) is 1. The summed E-state index contributed by atoms with van der Waals surface area (Å²) >= 11 is 3.19. The van der Waals surface area contributed by atoms with Crippen LogP contribution in [0.15, 0.2) is 40.9 Å². The first-order chi connectivity index (χ1) is 8.99. The topological polar surface area (TPSA) is 26.0 Å². The average molecular weight is 330 g/mol. The molecule has 0 saturated carbocycles. The van der Waals surface area contributed by atoms with Gasteiger partial charge in [0, 0.05) is 16.1 Å². The molecule has 0 aliphatic heterocycles. The second kappa shape index (κ2) is 5.75. The maximum atomic E-state index is 13.5. The predicted molar refractivity (Wildman–Crippen MR) is 71.1 cm³/mol. The fourth-order valence-corrected chi connectivity index (χ4v) is 2.50. The molecule has 0 heterocycles. The highest BCUT2D eigenvalue weighted by molar-refractivity contribution is 9.10. The van der Waals surface area contributed by atoms with Crippen molar-refractivity contribution in [3.05, 3.63) is 69.4 Å². The van der Waals surface area contributed by atoms with E-state index in [1.54, 1.807) is 0 Å². The summed E-state index contributed by atoms with van der Waals surface area (Å²) in [5.41, 5.74) is 6.47. The molecule has 19 heavy (non-hydrogen) atoms. The molecule has 0 saturated heterocycles. The molecule has 0 bridgehead atoms. The summed E-state index contributed by atoms with van der Waals surface area (Å²) < 4.78 is 40.5. The Morgan fingerprint density at radius 1 is 1.05 bits per heavy atom. The van der Waals surface area contributed by atoms with E-state index in [4.69, 9.17) is 5.73 Å². The third kappa shape index (κ3) is 3.16. The van der Waals surface area contributed by atoms with Crippen molar-refractivity contribution in [2.75, 3.05) is 0 Å². The predicted octanol–water partition coefficient (Wildman–Crippen LogP) is 4.11. The van der Waals surface area contributed by atoms with Crippen LogP contribution in [0.3, 0.4) is 0 Å². The summed E-state index contributed by atoms with van der Waals surface area (Å²) in [6.07, 6.45) is 0.00272. The summed E-state index contributed by atoms with van der Waals surface area (Å²) in [6, 6.07) is 7.08. The van der Waals surface area contributed by atoms with Gasteiger partial charge in [-0.15, -0.1) is 0 Å². The lowest BCUT2D eigenvalue weighted by atomic mass is 9.99. The normalized spacial score (nSPS) is 12.5. The summed E-state index contributed by atoms with van der Waals surface area (Å²) in [5, 5.41) is 0. The van der Waals surface area contributed by atoms with Gasteiger partial charge >= 0.3 is 0 Å². The molecule has 2 aromatic carbocycles. The second-order valence-electron chi connectivity index (χ2n) is 4.18. The number of halogens is 4. The molecular weight excluding hydrogens is 319 g/mol. The van der Waals surface area contributed by atoms with Crippen LogP contribution in [0.5, 0.6) is 0 Å².